The Balaban J connectivity index is 1.65. The van der Waals surface area contributed by atoms with E-state index >= 15 is 0 Å². The molecule has 0 saturated heterocycles. The SMILES string of the molecule is CCCC(F)(F)C1CCC(Oc2ccc3cc(C(C)(N)CO)ccc3c2)CC1. The summed E-state index contributed by atoms with van der Waals surface area (Å²) < 4.78 is 34.3. The third kappa shape index (κ3) is 4.64. The van der Waals surface area contributed by atoms with Crippen LogP contribution in [-0.4, -0.2) is 23.7 Å². The van der Waals surface area contributed by atoms with Gasteiger partial charge in [0.15, 0.2) is 0 Å². The quantitative estimate of drug-likeness (QED) is 0.666. The van der Waals surface area contributed by atoms with Gasteiger partial charge in [-0.2, -0.15) is 0 Å². The fourth-order valence-corrected chi connectivity index (χ4v) is 4.08. The molecule has 1 unspecified atom stereocenters. The van der Waals surface area contributed by atoms with E-state index in [0.29, 0.717) is 32.1 Å². The Morgan fingerprint density at radius 3 is 2.36 bits per heavy atom. The van der Waals surface area contributed by atoms with Crippen molar-refractivity contribution in [2.24, 2.45) is 11.7 Å². The number of alkyl halides is 2. The number of benzene rings is 2. The van der Waals surface area contributed by atoms with Gasteiger partial charge in [0, 0.05) is 12.3 Å². The maximum Gasteiger partial charge on any atom is 0.250 e. The van der Waals surface area contributed by atoms with Crippen molar-refractivity contribution in [2.75, 3.05) is 6.61 Å². The molecule has 1 aliphatic carbocycles. The molecule has 28 heavy (non-hydrogen) atoms. The molecule has 1 aliphatic rings. The second kappa shape index (κ2) is 8.34. The molecule has 0 bridgehead atoms. The standard InChI is InChI=1S/C23H31F2NO2/c1-3-12-23(24,25)18-7-10-20(11-8-18)28-21-9-5-16-13-19(22(2,26)15-27)6-4-17(16)14-21/h4-6,9,13-14,18,20,27H,3,7-8,10-12,15,26H2,1-2H3. The summed E-state index contributed by atoms with van der Waals surface area (Å²) in [7, 11) is 0. The number of hydrogen-bond acceptors (Lipinski definition) is 3. The van der Waals surface area contributed by atoms with E-state index in [2.05, 4.69) is 0 Å². The lowest BCUT2D eigenvalue weighted by molar-refractivity contribution is -0.0858. The lowest BCUT2D eigenvalue weighted by atomic mass is 9.82. The van der Waals surface area contributed by atoms with Crippen LogP contribution in [0.15, 0.2) is 36.4 Å². The molecule has 2 aromatic carbocycles. The molecule has 3 N–H and O–H groups in total. The predicted molar refractivity (Wildman–Crippen MR) is 109 cm³/mol. The Bertz CT molecular complexity index is 798. The number of hydrogen-bond donors (Lipinski definition) is 2. The highest BCUT2D eigenvalue weighted by molar-refractivity contribution is 5.84. The summed E-state index contributed by atoms with van der Waals surface area (Å²) >= 11 is 0. The highest BCUT2D eigenvalue weighted by Gasteiger charge is 2.40. The summed E-state index contributed by atoms with van der Waals surface area (Å²) in [6, 6.07) is 11.7. The van der Waals surface area contributed by atoms with Gasteiger partial charge >= 0.3 is 0 Å². The van der Waals surface area contributed by atoms with Crippen molar-refractivity contribution in [3.63, 3.8) is 0 Å². The lowest BCUT2D eigenvalue weighted by Crippen LogP contribution is -2.36. The number of halogens is 2. The van der Waals surface area contributed by atoms with Crippen molar-refractivity contribution in [3.05, 3.63) is 42.0 Å². The van der Waals surface area contributed by atoms with E-state index in [1.165, 1.54) is 0 Å². The third-order valence-corrected chi connectivity index (χ3v) is 5.96. The third-order valence-electron chi connectivity index (χ3n) is 5.96. The number of ether oxygens (including phenoxy) is 1. The second-order valence-corrected chi connectivity index (χ2v) is 8.40. The van der Waals surface area contributed by atoms with Crippen LogP contribution in [0, 0.1) is 5.92 Å². The molecule has 0 spiro atoms. The van der Waals surface area contributed by atoms with Crippen molar-refractivity contribution in [3.8, 4) is 5.75 Å². The zero-order chi connectivity index (χ0) is 20.4. The molecular weight excluding hydrogens is 360 g/mol. The largest absolute Gasteiger partial charge is 0.490 e. The van der Waals surface area contributed by atoms with Gasteiger partial charge in [-0.05, 0) is 67.1 Å². The molecule has 2 aromatic rings. The first kappa shape index (κ1) is 21.0. The summed E-state index contributed by atoms with van der Waals surface area (Å²) in [5, 5.41) is 11.5. The fourth-order valence-electron chi connectivity index (χ4n) is 4.08. The molecular formula is C23H31F2NO2. The zero-order valence-corrected chi connectivity index (χ0v) is 16.8. The number of rotatable bonds is 7. The van der Waals surface area contributed by atoms with Gasteiger partial charge in [-0.3, -0.25) is 0 Å². The van der Waals surface area contributed by atoms with Crippen LogP contribution in [0.4, 0.5) is 8.78 Å². The summed E-state index contributed by atoms with van der Waals surface area (Å²) in [6.07, 6.45) is 2.87. The number of nitrogens with two attached hydrogens (primary N) is 1. The molecule has 0 aliphatic heterocycles. The van der Waals surface area contributed by atoms with Gasteiger partial charge in [-0.25, -0.2) is 8.78 Å². The average molecular weight is 392 g/mol. The molecule has 0 radical (unpaired) electrons. The van der Waals surface area contributed by atoms with Crippen LogP contribution in [-0.2, 0) is 5.54 Å². The van der Waals surface area contributed by atoms with E-state index in [1.807, 2.05) is 43.3 Å². The summed E-state index contributed by atoms with van der Waals surface area (Å²) in [4.78, 5) is 0. The van der Waals surface area contributed by atoms with Crippen LogP contribution in [0.5, 0.6) is 5.75 Å². The first-order chi connectivity index (χ1) is 13.2. The topological polar surface area (TPSA) is 55.5 Å². The highest BCUT2D eigenvalue weighted by Crippen LogP contribution is 2.40. The monoisotopic (exact) mass is 391 g/mol. The Labute approximate surface area is 165 Å². The summed E-state index contributed by atoms with van der Waals surface area (Å²) in [5.74, 6) is -2.30. The van der Waals surface area contributed by atoms with Crippen molar-refractivity contribution in [1.29, 1.82) is 0 Å². The van der Waals surface area contributed by atoms with Gasteiger partial charge < -0.3 is 15.6 Å². The van der Waals surface area contributed by atoms with Gasteiger partial charge in [0.25, 0.3) is 5.92 Å². The van der Waals surface area contributed by atoms with Crippen molar-refractivity contribution in [2.45, 2.75) is 69.9 Å². The minimum atomic E-state index is -2.55. The van der Waals surface area contributed by atoms with Crippen molar-refractivity contribution < 1.29 is 18.6 Å². The molecule has 0 amide bonds. The van der Waals surface area contributed by atoms with Crippen LogP contribution in [0.2, 0.25) is 0 Å². The number of aliphatic hydroxyl groups is 1. The molecule has 154 valence electrons. The normalized spacial score (nSPS) is 22.8. The van der Waals surface area contributed by atoms with Crippen LogP contribution in [0.3, 0.4) is 0 Å². The van der Waals surface area contributed by atoms with E-state index in [0.717, 1.165) is 22.1 Å². The van der Waals surface area contributed by atoms with Crippen LogP contribution >= 0.6 is 0 Å². The molecule has 3 nitrogen and oxygen atoms in total. The van der Waals surface area contributed by atoms with Gasteiger partial charge in [-0.1, -0.05) is 31.5 Å². The van der Waals surface area contributed by atoms with Gasteiger partial charge in [0.1, 0.15) is 5.75 Å². The van der Waals surface area contributed by atoms with E-state index in [9.17, 15) is 13.9 Å². The van der Waals surface area contributed by atoms with Gasteiger partial charge in [-0.15, -0.1) is 0 Å². The summed E-state index contributed by atoms with van der Waals surface area (Å²) in [5.41, 5.74) is 6.22. The Morgan fingerprint density at radius 1 is 1.07 bits per heavy atom. The van der Waals surface area contributed by atoms with Crippen LogP contribution in [0.1, 0.15) is 57.9 Å². The maximum atomic E-state index is 14.1. The van der Waals surface area contributed by atoms with E-state index in [1.54, 1.807) is 6.92 Å². The van der Waals surface area contributed by atoms with Crippen LogP contribution in [0.25, 0.3) is 10.8 Å². The predicted octanol–water partition coefficient (Wildman–Crippen LogP) is 5.38. The minimum Gasteiger partial charge on any atom is -0.490 e. The van der Waals surface area contributed by atoms with Gasteiger partial charge in [0.05, 0.1) is 18.2 Å². The Morgan fingerprint density at radius 2 is 1.71 bits per heavy atom. The lowest BCUT2D eigenvalue weighted by Gasteiger charge is -2.33. The Kier molecular flexibility index (Phi) is 6.25. The van der Waals surface area contributed by atoms with E-state index in [-0.39, 0.29) is 19.1 Å². The molecule has 0 aromatic heterocycles. The molecule has 1 fully saturated rings. The average Bonchev–Trinajstić information content (AvgIpc) is 2.68. The highest BCUT2D eigenvalue weighted by atomic mass is 19.3. The number of fused-ring (bicyclic) bond motifs is 1. The van der Waals surface area contributed by atoms with Gasteiger partial charge in [0.2, 0.25) is 0 Å². The smallest absolute Gasteiger partial charge is 0.250 e. The number of aliphatic hydroxyl groups excluding tert-OH is 1. The van der Waals surface area contributed by atoms with Crippen molar-refractivity contribution >= 4 is 10.8 Å². The van der Waals surface area contributed by atoms with Crippen molar-refractivity contribution in [1.82, 2.24) is 0 Å². The molecule has 0 heterocycles. The Hall–Kier alpha value is -1.72. The maximum absolute atomic E-state index is 14.1. The summed E-state index contributed by atoms with van der Waals surface area (Å²) in [6.45, 7) is 3.48. The fraction of sp³-hybridized carbons (Fsp3) is 0.565. The zero-order valence-electron chi connectivity index (χ0n) is 16.8. The minimum absolute atomic E-state index is 0.00729. The molecule has 1 saturated carbocycles. The van der Waals surface area contributed by atoms with E-state index in [4.69, 9.17) is 10.5 Å². The molecule has 1 atom stereocenters. The van der Waals surface area contributed by atoms with Crippen LogP contribution < -0.4 is 10.5 Å². The molecule has 5 heteroatoms. The van der Waals surface area contributed by atoms with E-state index < -0.39 is 17.4 Å². The second-order valence-electron chi connectivity index (χ2n) is 8.40. The first-order valence-electron chi connectivity index (χ1n) is 10.2. The first-order valence-corrected chi connectivity index (χ1v) is 10.2. The molecule has 3 rings (SSSR count).